The van der Waals surface area contributed by atoms with Gasteiger partial charge in [-0.05, 0) is 6.07 Å². The normalized spacial score (nSPS) is 10.0. The first-order valence-electron chi connectivity index (χ1n) is 3.32. The van der Waals surface area contributed by atoms with E-state index in [-0.39, 0.29) is 5.56 Å². The molecule has 3 N–H and O–H groups in total. The lowest BCUT2D eigenvalue weighted by Gasteiger charge is -1.94. The monoisotopic (exact) mass is 237 g/mol. The smallest absolute Gasteiger partial charge is 0.394 e. The Morgan fingerprint density at radius 3 is 2.13 bits per heavy atom. The number of aromatic carboxylic acids is 1. The van der Waals surface area contributed by atoms with Gasteiger partial charge >= 0.3 is 16.4 Å². The van der Waals surface area contributed by atoms with E-state index in [1.54, 1.807) is 0 Å². The topological polar surface area (TPSA) is 139 Å². The number of carboxylic acids is 1. The average Bonchev–Trinajstić information content (AvgIpc) is 2.00. The highest BCUT2D eigenvalue weighted by Crippen LogP contribution is 1.91. The fourth-order valence-corrected chi connectivity index (χ4v) is 0.581. The second-order valence-corrected chi connectivity index (χ2v) is 3.10. The summed E-state index contributed by atoms with van der Waals surface area (Å²) >= 11 is 0. The Kier molecular flexibility index (Phi) is 4.64. The van der Waals surface area contributed by atoms with Crippen LogP contribution in [0.1, 0.15) is 10.4 Å². The van der Waals surface area contributed by atoms with Gasteiger partial charge in [-0.15, -0.1) is 0 Å². The highest BCUT2D eigenvalue weighted by molar-refractivity contribution is 7.79. The molecule has 0 saturated carbocycles. The molecule has 9 heteroatoms. The molecule has 84 valence electrons. The van der Waals surface area contributed by atoms with Crippen LogP contribution >= 0.6 is 0 Å². The van der Waals surface area contributed by atoms with Crippen LogP contribution in [0.15, 0.2) is 24.5 Å². The second-order valence-electron chi connectivity index (χ2n) is 2.21. The molecule has 0 bridgehead atoms. The van der Waals surface area contributed by atoms with Crippen LogP contribution in [0.3, 0.4) is 0 Å². The van der Waals surface area contributed by atoms with Crippen molar-refractivity contribution in [3.8, 4) is 0 Å². The number of nitrogens with zero attached hydrogens (tertiary/aromatic N) is 1. The summed E-state index contributed by atoms with van der Waals surface area (Å²) in [6.45, 7) is 0. The Morgan fingerprint density at radius 1 is 1.40 bits per heavy atom. The van der Waals surface area contributed by atoms with Gasteiger partial charge in [0.1, 0.15) is 5.56 Å². The first-order chi connectivity index (χ1) is 6.70. The number of pyridine rings is 1. The third-order valence-electron chi connectivity index (χ3n) is 1.02. The van der Waals surface area contributed by atoms with Gasteiger partial charge < -0.3 is 10.3 Å². The lowest BCUT2D eigenvalue weighted by molar-refractivity contribution is -0.605. The third kappa shape index (κ3) is 8.62. The minimum atomic E-state index is -4.67. The summed E-state index contributed by atoms with van der Waals surface area (Å²) in [4.78, 5) is 10.2. The summed E-state index contributed by atoms with van der Waals surface area (Å²) in [7, 11) is -4.67. The molecule has 15 heavy (non-hydrogen) atoms. The van der Waals surface area contributed by atoms with Crippen LogP contribution in [0.25, 0.3) is 0 Å². The quantitative estimate of drug-likeness (QED) is 0.335. The highest BCUT2D eigenvalue weighted by atomic mass is 32.3. The van der Waals surface area contributed by atoms with Gasteiger partial charge in [0, 0.05) is 6.07 Å². The number of hydrogen-bond acceptors (Lipinski definition) is 4. The molecule has 0 unspecified atom stereocenters. The summed E-state index contributed by atoms with van der Waals surface area (Å²) in [6.07, 6.45) is 2.23. The lowest BCUT2D eigenvalue weighted by Crippen LogP contribution is -2.25. The molecule has 0 fully saturated rings. The Labute approximate surface area is 84.6 Å². The Bertz CT molecular complexity index is 433. The summed E-state index contributed by atoms with van der Waals surface area (Å²) in [5.74, 6) is -1.09. The maximum Gasteiger partial charge on any atom is 0.394 e. The van der Waals surface area contributed by atoms with Gasteiger partial charge in [0.2, 0.25) is 0 Å². The molecule has 8 nitrogen and oxygen atoms in total. The van der Waals surface area contributed by atoms with Crippen molar-refractivity contribution in [3.63, 3.8) is 0 Å². The van der Waals surface area contributed by atoms with Gasteiger partial charge in [0.05, 0.1) is 0 Å². The SMILES string of the molecule is O=C(O)c1ccc[n+]([O-])c1.O=S(=O)(O)O. The number of rotatable bonds is 1. The molecule has 1 aromatic rings. The van der Waals surface area contributed by atoms with Crippen molar-refractivity contribution >= 4 is 16.4 Å². The van der Waals surface area contributed by atoms with Crippen LogP contribution in [0.2, 0.25) is 0 Å². The Morgan fingerprint density at radius 2 is 1.87 bits per heavy atom. The van der Waals surface area contributed by atoms with E-state index < -0.39 is 16.4 Å². The first kappa shape index (κ1) is 13.3. The molecule has 0 saturated heterocycles. The molecule has 0 radical (unpaired) electrons. The molecule has 0 aliphatic heterocycles. The maximum atomic E-state index is 10.4. The molecule has 0 aliphatic rings. The van der Waals surface area contributed by atoms with Gasteiger partial charge in [-0.2, -0.15) is 13.1 Å². The Balaban J connectivity index is 0.000000336. The minimum Gasteiger partial charge on any atom is -0.619 e. The van der Waals surface area contributed by atoms with E-state index in [1.165, 1.54) is 18.3 Å². The van der Waals surface area contributed by atoms with Gasteiger partial charge in [-0.1, -0.05) is 0 Å². The van der Waals surface area contributed by atoms with Crippen molar-refractivity contribution in [1.29, 1.82) is 0 Å². The molecule has 1 heterocycles. The van der Waals surface area contributed by atoms with Crippen molar-refractivity contribution in [2.24, 2.45) is 0 Å². The second kappa shape index (κ2) is 5.24. The van der Waals surface area contributed by atoms with Gasteiger partial charge in [-0.25, -0.2) is 4.79 Å². The molecule has 0 aromatic carbocycles. The van der Waals surface area contributed by atoms with Gasteiger partial charge in [0.15, 0.2) is 12.4 Å². The third-order valence-corrected chi connectivity index (χ3v) is 1.02. The zero-order chi connectivity index (χ0) is 12.1. The first-order valence-corrected chi connectivity index (χ1v) is 4.72. The van der Waals surface area contributed by atoms with Crippen LogP contribution in [0, 0.1) is 5.21 Å². The lowest BCUT2D eigenvalue weighted by atomic mass is 10.3. The van der Waals surface area contributed by atoms with Crippen molar-refractivity contribution in [3.05, 3.63) is 35.3 Å². The van der Waals surface area contributed by atoms with Crippen molar-refractivity contribution in [2.45, 2.75) is 0 Å². The fourth-order valence-electron chi connectivity index (χ4n) is 0.581. The van der Waals surface area contributed by atoms with Crippen LogP contribution < -0.4 is 4.73 Å². The maximum absolute atomic E-state index is 10.4. The van der Waals surface area contributed by atoms with Crippen LogP contribution in [0.4, 0.5) is 0 Å². The van der Waals surface area contributed by atoms with Crippen molar-refractivity contribution in [1.82, 2.24) is 0 Å². The summed E-state index contributed by atoms with van der Waals surface area (Å²) < 4.78 is 32.0. The largest absolute Gasteiger partial charge is 0.619 e. The van der Waals surface area contributed by atoms with E-state index in [1.807, 2.05) is 0 Å². The molecule has 0 atom stereocenters. The van der Waals surface area contributed by atoms with E-state index in [4.69, 9.17) is 22.6 Å². The number of carboxylic acid groups (broad SMARTS) is 1. The predicted molar refractivity (Wildman–Crippen MR) is 46.5 cm³/mol. The molecular weight excluding hydrogens is 230 g/mol. The summed E-state index contributed by atoms with van der Waals surface area (Å²) in [5, 5.41) is 18.8. The Hall–Kier alpha value is -1.71. The zero-order valence-corrected chi connectivity index (χ0v) is 7.96. The van der Waals surface area contributed by atoms with E-state index in [0.717, 1.165) is 6.20 Å². The molecule has 1 aromatic heterocycles. The van der Waals surface area contributed by atoms with Gasteiger partial charge in [-0.3, -0.25) is 9.11 Å². The van der Waals surface area contributed by atoms with E-state index in [0.29, 0.717) is 4.73 Å². The van der Waals surface area contributed by atoms with Crippen LogP contribution in [-0.2, 0) is 10.4 Å². The summed E-state index contributed by atoms with van der Waals surface area (Å²) in [6, 6.07) is 2.74. The van der Waals surface area contributed by atoms with E-state index in [9.17, 15) is 10.0 Å². The molecule has 0 aliphatic carbocycles. The van der Waals surface area contributed by atoms with E-state index >= 15 is 0 Å². The standard InChI is InChI=1S/C6H5NO3.H2O4S/c8-6(9)5-2-1-3-7(10)4-5;1-5(2,3)4/h1-4H,(H,8,9);(H2,1,2,3,4). The number of hydrogen-bond donors (Lipinski definition) is 3. The fraction of sp³-hybridized carbons (Fsp3) is 0. The molecule has 0 amide bonds. The van der Waals surface area contributed by atoms with Gasteiger partial charge in [0.25, 0.3) is 0 Å². The highest BCUT2D eigenvalue weighted by Gasteiger charge is 2.03. The molecule has 0 spiro atoms. The van der Waals surface area contributed by atoms with Crippen molar-refractivity contribution < 1.29 is 32.2 Å². The van der Waals surface area contributed by atoms with Crippen LogP contribution in [-0.4, -0.2) is 28.6 Å². The molecule has 1 rings (SSSR count). The van der Waals surface area contributed by atoms with Crippen LogP contribution in [0.5, 0.6) is 0 Å². The minimum absolute atomic E-state index is 0.00231. The average molecular weight is 237 g/mol. The molecular formula is C6H7NO7S. The zero-order valence-electron chi connectivity index (χ0n) is 7.14. The summed E-state index contributed by atoms with van der Waals surface area (Å²) in [5.41, 5.74) is -0.00231. The van der Waals surface area contributed by atoms with E-state index in [2.05, 4.69) is 0 Å². The number of aromatic nitrogens is 1. The number of carbonyl (C=O) groups is 1. The van der Waals surface area contributed by atoms with Crippen molar-refractivity contribution in [2.75, 3.05) is 0 Å². The predicted octanol–water partition coefficient (Wildman–Crippen LogP) is -0.635.